The first kappa shape index (κ1) is 17.0. The van der Waals surface area contributed by atoms with Crippen LogP contribution in [0.2, 0.25) is 10.3 Å². The Morgan fingerprint density at radius 3 is 2.60 bits per heavy atom. The van der Waals surface area contributed by atoms with Crippen molar-refractivity contribution < 1.29 is 4.79 Å². The number of hydrogen-bond acceptors (Lipinski definition) is 3. The van der Waals surface area contributed by atoms with Gasteiger partial charge in [0.25, 0.3) is 5.91 Å². The Kier molecular flexibility index (Phi) is 4.99. The molecule has 1 heterocycles. The number of nitrogens with one attached hydrogen (secondary N) is 1. The number of nitriles is 1. The number of aromatic nitrogens is 1. The summed E-state index contributed by atoms with van der Waals surface area (Å²) in [4.78, 5) is 16.4. The second kappa shape index (κ2) is 7.35. The molecule has 122 valence electrons. The molecule has 3 rings (SSSR count). The number of rotatable bonds is 3. The van der Waals surface area contributed by atoms with Crippen molar-refractivity contribution in [2.45, 2.75) is 0 Å². The molecule has 2 aromatic carbocycles. The van der Waals surface area contributed by atoms with Crippen molar-refractivity contribution >= 4 is 51.6 Å². The van der Waals surface area contributed by atoms with Gasteiger partial charge in [-0.3, -0.25) is 4.79 Å². The number of benzene rings is 2. The summed E-state index contributed by atoms with van der Waals surface area (Å²) in [5.74, 6) is -0.523. The average molecular weight is 368 g/mol. The molecule has 0 aliphatic carbocycles. The summed E-state index contributed by atoms with van der Waals surface area (Å²) in [7, 11) is 0. The summed E-state index contributed by atoms with van der Waals surface area (Å²) in [6, 6.07) is 18.3. The first-order chi connectivity index (χ1) is 12.1. The lowest BCUT2D eigenvalue weighted by molar-refractivity contribution is -0.112. The van der Waals surface area contributed by atoms with Gasteiger partial charge in [0.2, 0.25) is 0 Å². The van der Waals surface area contributed by atoms with Gasteiger partial charge in [0, 0.05) is 16.6 Å². The van der Waals surface area contributed by atoms with Gasteiger partial charge in [-0.1, -0.05) is 59.6 Å². The Balaban J connectivity index is 1.93. The number of halogens is 2. The molecule has 0 radical (unpaired) electrons. The van der Waals surface area contributed by atoms with E-state index in [1.165, 1.54) is 12.1 Å². The van der Waals surface area contributed by atoms with Crippen LogP contribution in [0.15, 0.2) is 60.2 Å². The van der Waals surface area contributed by atoms with Crippen LogP contribution in [0.5, 0.6) is 0 Å². The maximum Gasteiger partial charge on any atom is 0.266 e. The molecule has 25 heavy (non-hydrogen) atoms. The molecule has 0 aliphatic rings. The number of anilines is 1. The standard InChI is InChI=1S/C19H11Cl2N3O/c20-17-9-8-13(18(21)24-17)10-14(11-22)19(25)23-16-7-3-5-12-4-1-2-6-15(12)16/h1-10H,(H,23,25)/b14-10+. The van der Waals surface area contributed by atoms with E-state index in [-0.39, 0.29) is 15.9 Å². The second-order valence-corrected chi connectivity index (χ2v) is 5.91. The van der Waals surface area contributed by atoms with Gasteiger partial charge in [-0.2, -0.15) is 5.26 Å². The fourth-order valence-electron chi connectivity index (χ4n) is 2.36. The van der Waals surface area contributed by atoms with Crippen molar-refractivity contribution in [1.82, 2.24) is 4.98 Å². The lowest BCUT2D eigenvalue weighted by atomic mass is 10.1. The Labute approximate surface area is 154 Å². The third kappa shape index (κ3) is 3.80. The van der Waals surface area contributed by atoms with Crippen LogP contribution in [0.3, 0.4) is 0 Å². The van der Waals surface area contributed by atoms with Crippen molar-refractivity contribution in [1.29, 1.82) is 5.26 Å². The van der Waals surface area contributed by atoms with Gasteiger partial charge in [0.1, 0.15) is 21.9 Å². The Hall–Kier alpha value is -2.87. The monoisotopic (exact) mass is 367 g/mol. The van der Waals surface area contributed by atoms with Gasteiger partial charge in [-0.25, -0.2) is 4.98 Å². The summed E-state index contributed by atoms with van der Waals surface area (Å²) in [5.41, 5.74) is 0.985. The minimum absolute atomic E-state index is 0.0843. The van der Waals surface area contributed by atoms with Crippen molar-refractivity contribution in [2.75, 3.05) is 5.32 Å². The SMILES string of the molecule is N#C/C(=C\c1ccc(Cl)nc1Cl)C(=O)Nc1cccc2ccccc12. The van der Waals surface area contributed by atoms with Crippen molar-refractivity contribution in [3.63, 3.8) is 0 Å². The van der Waals surface area contributed by atoms with Crippen LogP contribution >= 0.6 is 23.2 Å². The molecule has 6 heteroatoms. The summed E-state index contributed by atoms with van der Waals surface area (Å²) < 4.78 is 0. The van der Waals surface area contributed by atoms with E-state index in [9.17, 15) is 10.1 Å². The molecule has 1 aromatic heterocycles. The molecular weight excluding hydrogens is 357 g/mol. The van der Waals surface area contributed by atoms with Crippen LogP contribution in [0, 0.1) is 11.3 Å². The van der Waals surface area contributed by atoms with E-state index in [0.29, 0.717) is 11.3 Å². The molecule has 0 fully saturated rings. The lowest BCUT2D eigenvalue weighted by Gasteiger charge is -2.08. The van der Waals surface area contributed by atoms with Crippen LogP contribution in [0.1, 0.15) is 5.56 Å². The molecule has 0 bridgehead atoms. The summed E-state index contributed by atoms with van der Waals surface area (Å²) in [5, 5.41) is 14.3. The molecule has 1 amide bonds. The first-order valence-corrected chi connectivity index (χ1v) is 8.07. The molecule has 0 unspecified atom stereocenters. The van der Waals surface area contributed by atoms with Crippen LogP contribution in [-0.2, 0) is 4.79 Å². The molecule has 1 N–H and O–H groups in total. The lowest BCUT2D eigenvalue weighted by Crippen LogP contribution is -2.13. The molecule has 0 atom stereocenters. The number of fused-ring (bicyclic) bond motifs is 1. The number of pyridine rings is 1. The smallest absolute Gasteiger partial charge is 0.266 e. The van der Waals surface area contributed by atoms with Gasteiger partial charge < -0.3 is 5.32 Å². The van der Waals surface area contributed by atoms with Crippen LogP contribution in [-0.4, -0.2) is 10.9 Å². The van der Waals surface area contributed by atoms with Gasteiger partial charge in [0.15, 0.2) is 0 Å². The molecule has 3 aromatic rings. The minimum Gasteiger partial charge on any atom is -0.321 e. The van der Waals surface area contributed by atoms with Crippen LogP contribution in [0.4, 0.5) is 5.69 Å². The zero-order chi connectivity index (χ0) is 17.8. The van der Waals surface area contributed by atoms with Gasteiger partial charge in [-0.15, -0.1) is 0 Å². The topological polar surface area (TPSA) is 65.8 Å². The van der Waals surface area contributed by atoms with E-state index in [4.69, 9.17) is 23.2 Å². The molecular formula is C19H11Cl2N3O. The predicted octanol–water partition coefficient (Wildman–Crippen LogP) is 5.09. The molecule has 0 spiro atoms. The molecule has 0 saturated carbocycles. The third-order valence-electron chi connectivity index (χ3n) is 3.55. The van der Waals surface area contributed by atoms with E-state index in [2.05, 4.69) is 10.3 Å². The highest BCUT2D eigenvalue weighted by molar-refractivity contribution is 6.33. The quantitative estimate of drug-likeness (QED) is 0.398. The van der Waals surface area contributed by atoms with Crippen molar-refractivity contribution in [3.8, 4) is 6.07 Å². The highest BCUT2D eigenvalue weighted by Crippen LogP contribution is 2.24. The average Bonchev–Trinajstić information content (AvgIpc) is 2.61. The molecule has 0 saturated heterocycles. The van der Waals surface area contributed by atoms with Gasteiger partial charge >= 0.3 is 0 Å². The van der Waals surface area contributed by atoms with Crippen molar-refractivity contribution in [3.05, 3.63) is 76.0 Å². The highest BCUT2D eigenvalue weighted by Gasteiger charge is 2.12. The largest absolute Gasteiger partial charge is 0.321 e. The molecule has 4 nitrogen and oxygen atoms in total. The highest BCUT2D eigenvalue weighted by atomic mass is 35.5. The normalized spacial score (nSPS) is 11.2. The zero-order valence-electron chi connectivity index (χ0n) is 12.8. The van der Waals surface area contributed by atoms with Gasteiger partial charge in [0.05, 0.1) is 0 Å². The van der Waals surface area contributed by atoms with E-state index in [1.807, 2.05) is 42.5 Å². The summed E-state index contributed by atoms with van der Waals surface area (Å²) in [6.45, 7) is 0. The Bertz CT molecular complexity index is 1030. The third-order valence-corrected chi connectivity index (χ3v) is 4.06. The first-order valence-electron chi connectivity index (χ1n) is 7.31. The van der Waals surface area contributed by atoms with E-state index >= 15 is 0 Å². The van der Waals surface area contributed by atoms with Crippen molar-refractivity contribution in [2.24, 2.45) is 0 Å². The zero-order valence-corrected chi connectivity index (χ0v) is 14.3. The van der Waals surface area contributed by atoms with E-state index < -0.39 is 5.91 Å². The Morgan fingerprint density at radius 2 is 1.84 bits per heavy atom. The summed E-state index contributed by atoms with van der Waals surface area (Å²) in [6.07, 6.45) is 1.38. The van der Waals surface area contributed by atoms with Crippen LogP contribution < -0.4 is 5.32 Å². The number of hydrogen-bond donors (Lipinski definition) is 1. The summed E-state index contributed by atoms with van der Waals surface area (Å²) >= 11 is 11.7. The maximum absolute atomic E-state index is 12.5. The Morgan fingerprint density at radius 1 is 1.08 bits per heavy atom. The van der Waals surface area contributed by atoms with E-state index in [1.54, 1.807) is 12.1 Å². The van der Waals surface area contributed by atoms with Crippen LogP contribution in [0.25, 0.3) is 16.8 Å². The number of amides is 1. The number of carbonyl (C=O) groups excluding carboxylic acids is 1. The fourth-order valence-corrected chi connectivity index (χ4v) is 2.76. The second-order valence-electron chi connectivity index (χ2n) is 5.16. The predicted molar refractivity (Wildman–Crippen MR) is 100 cm³/mol. The van der Waals surface area contributed by atoms with Gasteiger partial charge in [-0.05, 0) is 29.7 Å². The number of nitrogens with zero attached hydrogens (tertiary/aromatic N) is 2. The fraction of sp³-hybridized carbons (Fsp3) is 0. The maximum atomic E-state index is 12.5. The van der Waals surface area contributed by atoms with E-state index in [0.717, 1.165) is 10.8 Å². The minimum atomic E-state index is -0.523. The molecule has 0 aliphatic heterocycles. The number of carbonyl (C=O) groups is 1.